The number of rotatable bonds is 2. The molecule has 0 spiro atoms. The first-order chi connectivity index (χ1) is 10.3. The van der Waals surface area contributed by atoms with E-state index in [-0.39, 0.29) is 5.92 Å². The molecule has 3 heteroatoms. The van der Waals surface area contributed by atoms with E-state index in [1.54, 1.807) is 6.20 Å². The van der Waals surface area contributed by atoms with Crippen LogP contribution in [0.1, 0.15) is 35.2 Å². The highest BCUT2D eigenvalue weighted by molar-refractivity contribution is 5.82. The van der Waals surface area contributed by atoms with Crippen molar-refractivity contribution in [1.29, 1.82) is 0 Å². The number of fused-ring (bicyclic) bond motifs is 3. The monoisotopic (exact) mass is 275 g/mol. The van der Waals surface area contributed by atoms with Crippen LogP contribution in [0.15, 0.2) is 48.7 Å². The third-order valence-corrected chi connectivity index (χ3v) is 4.52. The molecule has 3 nitrogen and oxygen atoms in total. The third-order valence-electron chi connectivity index (χ3n) is 4.52. The van der Waals surface area contributed by atoms with Crippen LogP contribution in [0.25, 0.3) is 11.1 Å². The summed E-state index contributed by atoms with van der Waals surface area (Å²) in [4.78, 5) is 0. The molecule has 104 valence electrons. The largest absolute Gasteiger partial charge is 0.398 e. The number of anilines is 1. The summed E-state index contributed by atoms with van der Waals surface area (Å²) in [7, 11) is 0. The normalized spacial score (nSPS) is 13.8. The standard InChI is InChI=1S/C18H17N3/c1-11(17-8-9-20-21-17)13-6-7-15-14-5-3-2-4-12(14)10-16(15)18(13)19/h2-9,11H,10,19H2,1H3,(H,20,21)/t11-/m1/s1. The van der Waals surface area contributed by atoms with Crippen LogP contribution in [0.3, 0.4) is 0 Å². The number of hydrogen-bond acceptors (Lipinski definition) is 2. The zero-order valence-electron chi connectivity index (χ0n) is 11.9. The lowest BCUT2D eigenvalue weighted by atomic mass is 9.92. The van der Waals surface area contributed by atoms with E-state index in [9.17, 15) is 0 Å². The van der Waals surface area contributed by atoms with Crippen LogP contribution in [0.2, 0.25) is 0 Å². The van der Waals surface area contributed by atoms with Crippen LogP contribution in [-0.2, 0) is 6.42 Å². The molecule has 2 aromatic carbocycles. The van der Waals surface area contributed by atoms with E-state index in [0.717, 1.165) is 17.8 Å². The SMILES string of the molecule is C[C@@H](c1ccn[nH]1)c1ccc2c(c1N)Cc1ccccc1-2. The topological polar surface area (TPSA) is 54.7 Å². The number of hydrogen-bond donors (Lipinski definition) is 2. The number of nitrogen functional groups attached to an aromatic ring is 1. The summed E-state index contributed by atoms with van der Waals surface area (Å²) >= 11 is 0. The molecule has 0 unspecified atom stereocenters. The fraction of sp³-hybridized carbons (Fsp3) is 0.167. The number of nitrogens with zero attached hydrogens (tertiary/aromatic N) is 1. The van der Waals surface area contributed by atoms with Gasteiger partial charge in [0.1, 0.15) is 0 Å². The Labute approximate surface area is 123 Å². The van der Waals surface area contributed by atoms with E-state index < -0.39 is 0 Å². The van der Waals surface area contributed by atoms with Gasteiger partial charge in [-0.25, -0.2) is 0 Å². The molecule has 4 rings (SSSR count). The number of benzene rings is 2. The Morgan fingerprint density at radius 1 is 1.10 bits per heavy atom. The van der Waals surface area contributed by atoms with Gasteiger partial charge in [0.15, 0.2) is 0 Å². The van der Waals surface area contributed by atoms with Gasteiger partial charge in [-0.05, 0) is 33.9 Å². The minimum absolute atomic E-state index is 0.224. The van der Waals surface area contributed by atoms with Gasteiger partial charge in [-0.1, -0.05) is 43.3 Å². The highest BCUT2D eigenvalue weighted by Gasteiger charge is 2.23. The summed E-state index contributed by atoms with van der Waals surface area (Å²) in [5.74, 6) is 0.224. The molecule has 3 aromatic rings. The molecule has 1 atom stereocenters. The zero-order chi connectivity index (χ0) is 14.4. The maximum absolute atomic E-state index is 6.49. The van der Waals surface area contributed by atoms with Gasteiger partial charge in [0.05, 0.1) is 0 Å². The average molecular weight is 275 g/mol. The maximum Gasteiger partial charge on any atom is 0.0490 e. The van der Waals surface area contributed by atoms with E-state index in [1.165, 1.54) is 27.8 Å². The first-order valence-corrected chi connectivity index (χ1v) is 7.24. The molecule has 0 saturated carbocycles. The van der Waals surface area contributed by atoms with Crippen molar-refractivity contribution in [1.82, 2.24) is 10.2 Å². The minimum Gasteiger partial charge on any atom is -0.398 e. The molecule has 0 fully saturated rings. The lowest BCUT2D eigenvalue weighted by Crippen LogP contribution is -2.04. The summed E-state index contributed by atoms with van der Waals surface area (Å²) in [5, 5.41) is 7.08. The molecule has 0 radical (unpaired) electrons. The van der Waals surface area contributed by atoms with Crippen molar-refractivity contribution in [2.75, 3.05) is 5.73 Å². The van der Waals surface area contributed by atoms with Gasteiger partial charge in [-0.15, -0.1) is 0 Å². The zero-order valence-corrected chi connectivity index (χ0v) is 11.9. The van der Waals surface area contributed by atoms with Crippen molar-refractivity contribution in [3.05, 3.63) is 71.0 Å². The lowest BCUT2D eigenvalue weighted by molar-refractivity contribution is 0.855. The van der Waals surface area contributed by atoms with E-state index >= 15 is 0 Å². The molecule has 0 amide bonds. The molecule has 3 N–H and O–H groups in total. The average Bonchev–Trinajstić information content (AvgIpc) is 3.15. The van der Waals surface area contributed by atoms with Crippen LogP contribution in [0.5, 0.6) is 0 Å². The van der Waals surface area contributed by atoms with E-state index in [1.807, 2.05) is 6.07 Å². The number of nitrogens with two attached hydrogens (primary N) is 1. The maximum atomic E-state index is 6.49. The molecular formula is C18H17N3. The highest BCUT2D eigenvalue weighted by Crippen LogP contribution is 2.42. The fourth-order valence-electron chi connectivity index (χ4n) is 3.31. The van der Waals surface area contributed by atoms with Gasteiger partial charge in [0.2, 0.25) is 0 Å². The Balaban J connectivity index is 1.83. The van der Waals surface area contributed by atoms with Gasteiger partial charge in [0, 0.05) is 29.9 Å². The molecule has 1 heterocycles. The first-order valence-electron chi connectivity index (χ1n) is 7.24. The predicted molar refractivity (Wildman–Crippen MR) is 85.2 cm³/mol. The second-order valence-corrected chi connectivity index (χ2v) is 5.66. The Morgan fingerprint density at radius 2 is 1.95 bits per heavy atom. The van der Waals surface area contributed by atoms with Crippen molar-refractivity contribution in [2.24, 2.45) is 0 Å². The molecule has 0 bridgehead atoms. The number of H-pyrrole nitrogens is 1. The molecule has 1 aliphatic rings. The van der Waals surface area contributed by atoms with Crippen LogP contribution in [0, 0.1) is 0 Å². The Bertz CT molecular complexity index is 803. The number of nitrogens with one attached hydrogen (secondary N) is 1. The number of aromatic amines is 1. The summed E-state index contributed by atoms with van der Waals surface area (Å²) in [6.45, 7) is 2.16. The number of aromatic nitrogens is 2. The van der Waals surface area contributed by atoms with Crippen LogP contribution < -0.4 is 5.73 Å². The summed E-state index contributed by atoms with van der Waals surface area (Å²) in [5.41, 5.74) is 14.9. The summed E-state index contributed by atoms with van der Waals surface area (Å²) < 4.78 is 0. The van der Waals surface area contributed by atoms with Crippen molar-refractivity contribution in [3.63, 3.8) is 0 Å². The van der Waals surface area contributed by atoms with Crippen molar-refractivity contribution < 1.29 is 0 Å². The van der Waals surface area contributed by atoms with E-state index in [4.69, 9.17) is 5.73 Å². The summed E-state index contributed by atoms with van der Waals surface area (Å²) in [6, 6.07) is 14.9. The van der Waals surface area contributed by atoms with Gasteiger partial charge in [-0.2, -0.15) is 5.10 Å². The highest BCUT2D eigenvalue weighted by atomic mass is 15.1. The Hall–Kier alpha value is -2.55. The predicted octanol–water partition coefficient (Wildman–Crippen LogP) is 3.71. The second-order valence-electron chi connectivity index (χ2n) is 5.66. The van der Waals surface area contributed by atoms with Gasteiger partial charge >= 0.3 is 0 Å². The smallest absolute Gasteiger partial charge is 0.0490 e. The summed E-state index contributed by atoms with van der Waals surface area (Å²) in [6.07, 6.45) is 2.71. The van der Waals surface area contributed by atoms with E-state index in [0.29, 0.717) is 0 Å². The molecule has 1 aromatic heterocycles. The Morgan fingerprint density at radius 3 is 2.76 bits per heavy atom. The fourth-order valence-corrected chi connectivity index (χ4v) is 3.31. The molecule has 0 saturated heterocycles. The molecule has 1 aliphatic carbocycles. The van der Waals surface area contributed by atoms with Crippen molar-refractivity contribution >= 4 is 5.69 Å². The Kier molecular flexibility index (Phi) is 2.61. The lowest BCUT2D eigenvalue weighted by Gasteiger charge is -2.16. The van der Waals surface area contributed by atoms with E-state index in [2.05, 4.69) is 53.5 Å². The van der Waals surface area contributed by atoms with Gasteiger partial charge in [0.25, 0.3) is 0 Å². The second kappa shape index (κ2) is 4.48. The minimum atomic E-state index is 0.224. The molecular weight excluding hydrogens is 258 g/mol. The first kappa shape index (κ1) is 12.2. The molecule has 0 aliphatic heterocycles. The van der Waals surface area contributed by atoms with Crippen LogP contribution in [-0.4, -0.2) is 10.2 Å². The third kappa shape index (κ3) is 1.77. The van der Waals surface area contributed by atoms with Crippen LogP contribution >= 0.6 is 0 Å². The quantitative estimate of drug-likeness (QED) is 0.548. The molecule has 21 heavy (non-hydrogen) atoms. The van der Waals surface area contributed by atoms with Crippen LogP contribution in [0.4, 0.5) is 5.69 Å². The van der Waals surface area contributed by atoms with Crippen molar-refractivity contribution in [3.8, 4) is 11.1 Å². The van der Waals surface area contributed by atoms with Crippen molar-refractivity contribution in [2.45, 2.75) is 19.3 Å². The van der Waals surface area contributed by atoms with Gasteiger partial charge in [-0.3, -0.25) is 5.10 Å². The van der Waals surface area contributed by atoms with Gasteiger partial charge < -0.3 is 5.73 Å².